The quantitative estimate of drug-likeness (QED) is 0.599. The lowest BCUT2D eigenvalue weighted by atomic mass is 9.39. The molecule has 3 aliphatic carbocycles. The number of nitrogens with one attached hydrogen (secondary N) is 1. The minimum Gasteiger partial charge on any atom is -0.355 e. The van der Waals surface area contributed by atoms with Gasteiger partial charge in [0, 0.05) is 36.0 Å². The van der Waals surface area contributed by atoms with Crippen LogP contribution in [-0.2, 0) is 16.4 Å². The average molecular weight is 524 g/mol. The molecule has 36 heavy (non-hydrogen) atoms. The topological polar surface area (TPSA) is 78.4 Å². The molecule has 7 rings (SSSR count). The van der Waals surface area contributed by atoms with Gasteiger partial charge < -0.3 is 9.80 Å². The first kappa shape index (κ1) is 24.4. The van der Waals surface area contributed by atoms with Crippen LogP contribution in [0.4, 0.5) is 19.0 Å². The van der Waals surface area contributed by atoms with E-state index in [9.17, 15) is 21.6 Å². The molecule has 2 aromatic rings. The normalized spacial score (nSPS) is 29.6. The Bertz CT molecular complexity index is 1260. The molecule has 2 saturated heterocycles. The van der Waals surface area contributed by atoms with E-state index in [4.69, 9.17) is 0 Å². The zero-order chi connectivity index (χ0) is 25.4. The van der Waals surface area contributed by atoms with E-state index in [2.05, 4.69) is 24.5 Å². The summed E-state index contributed by atoms with van der Waals surface area (Å²) in [6.45, 7) is 6.51. The molecule has 3 heterocycles. The minimum atomic E-state index is -4.25. The first-order valence-electron chi connectivity index (χ1n) is 12.7. The number of piperidine rings is 1. The lowest BCUT2D eigenvalue weighted by molar-refractivity contribution is -0.160. The number of fused-ring (bicyclic) bond motifs is 1. The summed E-state index contributed by atoms with van der Waals surface area (Å²) in [7, 11) is -3.15. The number of benzene rings is 1. The predicted octanol–water partition coefficient (Wildman–Crippen LogP) is 3.50. The molecular formula is C25H32F3N5O2S. The Balaban J connectivity index is 1.04. The van der Waals surface area contributed by atoms with E-state index < -0.39 is 22.6 Å². The van der Waals surface area contributed by atoms with Gasteiger partial charge in [0.25, 0.3) is 0 Å². The highest BCUT2D eigenvalue weighted by molar-refractivity contribution is 7.89. The summed E-state index contributed by atoms with van der Waals surface area (Å²) in [5, 5.41) is 0.683. The maximum Gasteiger partial charge on any atom is 0.393 e. The molecule has 2 bridgehead atoms. The molecule has 2 aliphatic heterocycles. The number of anilines is 1. The smallest absolute Gasteiger partial charge is 0.355 e. The largest absolute Gasteiger partial charge is 0.393 e. The molecule has 0 amide bonds. The number of likely N-dealkylation sites (tertiary alicyclic amines) is 1. The van der Waals surface area contributed by atoms with Gasteiger partial charge in [0.15, 0.2) is 0 Å². The Hall–Kier alpha value is -1.98. The first-order valence-corrected chi connectivity index (χ1v) is 14.4. The van der Waals surface area contributed by atoms with E-state index in [0.717, 1.165) is 70.6 Å². The summed E-state index contributed by atoms with van der Waals surface area (Å²) < 4.78 is 65.5. The number of hydrogen-bond acceptors (Lipinski definition) is 6. The van der Waals surface area contributed by atoms with Gasteiger partial charge >= 0.3 is 6.18 Å². The summed E-state index contributed by atoms with van der Waals surface area (Å²) in [5.74, 6) is 0.859. The molecule has 0 atom stereocenters. The Morgan fingerprint density at radius 2 is 1.78 bits per heavy atom. The van der Waals surface area contributed by atoms with Crippen molar-refractivity contribution < 1.29 is 21.6 Å². The summed E-state index contributed by atoms with van der Waals surface area (Å²) in [5.41, 5.74) is 1.22. The Kier molecular flexibility index (Phi) is 5.42. The van der Waals surface area contributed by atoms with Gasteiger partial charge in [-0.15, -0.1) is 0 Å². The van der Waals surface area contributed by atoms with Crippen LogP contribution in [0, 0.1) is 10.8 Å². The second kappa shape index (κ2) is 8.01. The molecule has 1 N–H and O–H groups in total. The van der Waals surface area contributed by atoms with E-state index >= 15 is 0 Å². The van der Waals surface area contributed by atoms with E-state index in [1.54, 1.807) is 19.1 Å². The third-order valence-corrected chi connectivity index (χ3v) is 10.3. The third kappa shape index (κ3) is 4.36. The molecule has 5 aliphatic rings. The van der Waals surface area contributed by atoms with Crippen LogP contribution in [-0.4, -0.2) is 73.5 Å². The van der Waals surface area contributed by atoms with E-state index in [0.29, 0.717) is 10.9 Å². The summed E-state index contributed by atoms with van der Waals surface area (Å²) in [6, 6.07) is 4.73. The van der Waals surface area contributed by atoms with Crippen molar-refractivity contribution in [1.29, 1.82) is 0 Å². The highest BCUT2D eigenvalue weighted by atomic mass is 32.2. The zero-order valence-corrected chi connectivity index (χ0v) is 21.3. The molecule has 3 saturated carbocycles. The van der Waals surface area contributed by atoms with Crippen LogP contribution in [0.1, 0.15) is 44.6 Å². The number of halogens is 3. The van der Waals surface area contributed by atoms with Gasteiger partial charge in [0.1, 0.15) is 12.1 Å². The highest BCUT2D eigenvalue weighted by Gasteiger charge is 2.69. The van der Waals surface area contributed by atoms with Gasteiger partial charge in [0.05, 0.1) is 17.7 Å². The molecule has 196 valence electrons. The van der Waals surface area contributed by atoms with Gasteiger partial charge in [-0.2, -0.15) is 13.2 Å². The van der Waals surface area contributed by atoms with Crippen molar-refractivity contribution >= 4 is 26.7 Å². The van der Waals surface area contributed by atoms with Crippen molar-refractivity contribution in [2.45, 2.75) is 57.2 Å². The monoisotopic (exact) mass is 523 g/mol. The number of hydrogen-bond donors (Lipinski definition) is 1. The Morgan fingerprint density at radius 3 is 2.42 bits per heavy atom. The SMILES string of the molecule is CCS(=O)(=O)NC12CC(CN3CCC4(CC3)CN(c3ncnc5ccc(CC(F)(F)F)cc35)C4)(C1)C2. The molecule has 1 aromatic heterocycles. The van der Waals surface area contributed by atoms with Crippen LogP contribution in [0.15, 0.2) is 24.5 Å². The van der Waals surface area contributed by atoms with E-state index in [1.807, 2.05) is 0 Å². The summed E-state index contributed by atoms with van der Waals surface area (Å²) in [6.07, 6.45) is 1.33. The van der Waals surface area contributed by atoms with Gasteiger partial charge in [-0.3, -0.25) is 0 Å². The molecule has 1 spiro atoms. The lowest BCUT2D eigenvalue weighted by Crippen LogP contribution is -2.77. The van der Waals surface area contributed by atoms with E-state index in [-0.39, 0.29) is 27.7 Å². The van der Waals surface area contributed by atoms with Crippen molar-refractivity contribution in [1.82, 2.24) is 19.6 Å². The molecule has 5 fully saturated rings. The number of alkyl halides is 3. The summed E-state index contributed by atoms with van der Waals surface area (Å²) in [4.78, 5) is 13.4. The Morgan fingerprint density at radius 1 is 1.08 bits per heavy atom. The third-order valence-electron chi connectivity index (χ3n) is 8.80. The van der Waals surface area contributed by atoms with Crippen LogP contribution in [0.2, 0.25) is 0 Å². The minimum absolute atomic E-state index is 0.131. The summed E-state index contributed by atoms with van der Waals surface area (Å²) >= 11 is 0. The fourth-order valence-electron chi connectivity index (χ4n) is 7.25. The lowest BCUT2D eigenvalue weighted by Gasteiger charge is -2.71. The molecular weight excluding hydrogens is 491 g/mol. The maximum atomic E-state index is 12.9. The molecule has 11 heteroatoms. The van der Waals surface area contributed by atoms with Gasteiger partial charge in [-0.1, -0.05) is 6.07 Å². The fourth-order valence-corrected chi connectivity index (χ4v) is 8.27. The predicted molar refractivity (Wildman–Crippen MR) is 131 cm³/mol. The number of aromatic nitrogens is 2. The van der Waals surface area contributed by atoms with Crippen molar-refractivity contribution in [2.24, 2.45) is 10.8 Å². The maximum absolute atomic E-state index is 12.9. The fraction of sp³-hybridized carbons (Fsp3) is 0.680. The first-order chi connectivity index (χ1) is 16.9. The number of sulfonamides is 1. The second-order valence-electron chi connectivity index (χ2n) is 11.8. The van der Waals surface area contributed by atoms with Crippen LogP contribution < -0.4 is 9.62 Å². The standard InChI is InChI=1S/C25H32F3N5O2S/c1-2-36(34,35)31-24-11-23(12-24,13-24)14-32-7-5-22(6-8-32)15-33(16-22)21-19-9-18(10-25(26,27)28)3-4-20(19)29-17-30-21/h3-4,9,17,31H,2,5-8,10-16H2,1H3. The van der Waals surface area contributed by atoms with Crippen LogP contribution in [0.3, 0.4) is 0 Å². The number of nitrogens with zero attached hydrogens (tertiary/aromatic N) is 4. The van der Waals surface area contributed by atoms with Crippen molar-refractivity contribution in [3.05, 3.63) is 30.1 Å². The van der Waals surface area contributed by atoms with Crippen LogP contribution >= 0.6 is 0 Å². The van der Waals surface area contributed by atoms with Gasteiger partial charge in [-0.25, -0.2) is 23.1 Å². The molecule has 7 nitrogen and oxygen atoms in total. The van der Waals surface area contributed by atoms with Gasteiger partial charge in [0.2, 0.25) is 10.0 Å². The zero-order valence-electron chi connectivity index (χ0n) is 20.4. The van der Waals surface area contributed by atoms with E-state index in [1.165, 1.54) is 12.4 Å². The Labute approximate surface area is 209 Å². The van der Waals surface area contributed by atoms with Crippen molar-refractivity contribution in [3.8, 4) is 0 Å². The van der Waals surface area contributed by atoms with Crippen LogP contribution in [0.5, 0.6) is 0 Å². The average Bonchev–Trinajstić information content (AvgIpc) is 2.74. The molecule has 1 aromatic carbocycles. The number of rotatable bonds is 7. The van der Waals surface area contributed by atoms with Gasteiger partial charge in [-0.05, 0) is 75.2 Å². The van der Waals surface area contributed by atoms with Crippen molar-refractivity contribution in [2.75, 3.05) is 43.4 Å². The van der Waals surface area contributed by atoms with Crippen molar-refractivity contribution in [3.63, 3.8) is 0 Å². The highest BCUT2D eigenvalue weighted by Crippen LogP contribution is 2.67. The molecule has 0 unspecified atom stereocenters. The van der Waals surface area contributed by atoms with Crippen LogP contribution in [0.25, 0.3) is 10.9 Å². The second-order valence-corrected chi connectivity index (χ2v) is 13.8. The molecule has 0 radical (unpaired) electrons.